The monoisotopic (exact) mass is 358 g/mol. The van der Waals surface area contributed by atoms with Gasteiger partial charge < -0.3 is 14.4 Å². The number of allylic oxidation sites excluding steroid dienone is 1. The van der Waals surface area contributed by atoms with Crippen LogP contribution in [0, 0.1) is 0 Å². The fourth-order valence-electron chi connectivity index (χ4n) is 2.49. The summed E-state index contributed by atoms with van der Waals surface area (Å²) in [7, 11) is 5.25. The summed E-state index contributed by atoms with van der Waals surface area (Å²) >= 11 is 0. The van der Waals surface area contributed by atoms with E-state index in [1.54, 1.807) is 18.5 Å². The molecule has 0 aliphatic carbocycles. The largest absolute Gasteiger partial charge is 0.469 e. The van der Waals surface area contributed by atoms with Gasteiger partial charge in [-0.1, -0.05) is 6.07 Å². The number of methoxy groups -OCH3 is 1. The minimum Gasteiger partial charge on any atom is -0.469 e. The Morgan fingerprint density at radius 2 is 1.88 bits per heavy atom. The highest BCUT2D eigenvalue weighted by molar-refractivity contribution is 5.84. The third-order valence-corrected chi connectivity index (χ3v) is 3.78. The molecule has 6 heteroatoms. The summed E-state index contributed by atoms with van der Waals surface area (Å²) in [4.78, 5) is 27.6. The van der Waals surface area contributed by atoms with Gasteiger partial charge in [-0.3, -0.25) is 9.69 Å². The highest BCUT2D eigenvalue weighted by Gasteiger charge is 2.21. The molecule has 1 aromatic carbocycles. The van der Waals surface area contributed by atoms with Crippen molar-refractivity contribution in [1.29, 1.82) is 0 Å². The summed E-state index contributed by atoms with van der Waals surface area (Å²) in [5.41, 5.74) is 1.17. The zero-order valence-corrected chi connectivity index (χ0v) is 16.2. The summed E-state index contributed by atoms with van der Waals surface area (Å²) in [5, 5.41) is 1.70. The molecule has 1 aliphatic rings. The molecule has 0 unspecified atom stereocenters. The average Bonchev–Trinajstić information content (AvgIpc) is 2.72. The highest BCUT2D eigenvalue weighted by Crippen LogP contribution is 2.14. The summed E-state index contributed by atoms with van der Waals surface area (Å²) < 4.78 is 10.2. The molecule has 0 radical (unpaired) electrons. The Morgan fingerprint density at radius 3 is 2.46 bits per heavy atom. The number of nitrogens with zero attached hydrogens (tertiary/aromatic N) is 2. The van der Waals surface area contributed by atoms with Crippen molar-refractivity contribution >= 4 is 29.5 Å². The number of carbonyl (C=O) groups excluding carboxylic acids is 2. The number of hydrogen-bond acceptors (Lipinski definition) is 5. The summed E-state index contributed by atoms with van der Waals surface area (Å²) in [6.45, 7) is 5.46. The van der Waals surface area contributed by atoms with Crippen LogP contribution in [0.25, 0.3) is 11.8 Å². The maximum absolute atomic E-state index is 12.5. The molecule has 0 aromatic heterocycles. The Balaban J connectivity index is 2.56. The number of ether oxygens (including phenoxy) is 2. The lowest BCUT2D eigenvalue weighted by Crippen LogP contribution is -2.34. The zero-order chi connectivity index (χ0) is 19.5. The first-order valence-corrected chi connectivity index (χ1v) is 8.39. The topological polar surface area (TPSA) is 59.1 Å². The van der Waals surface area contributed by atoms with E-state index in [1.807, 2.05) is 58.0 Å². The van der Waals surface area contributed by atoms with Crippen LogP contribution < -0.4 is 15.3 Å². The first-order valence-electron chi connectivity index (χ1n) is 8.39. The molecule has 0 atom stereocenters. The average molecular weight is 358 g/mol. The third-order valence-electron chi connectivity index (χ3n) is 3.78. The molecule has 1 amide bonds. The van der Waals surface area contributed by atoms with E-state index in [4.69, 9.17) is 9.47 Å². The fraction of sp³-hybridized carbons (Fsp3) is 0.400. The number of carbonyl (C=O) groups is 2. The standard InChI is InChI=1S/C20H26N2O4/c1-20(2,3)26-19(24)22-10-9-14(12-18(23)25-6)17-8-7-16(21(4)5)11-15(17)13-22/h7-11,13H,12H2,1-6H3. The van der Waals surface area contributed by atoms with Crippen LogP contribution in [0.2, 0.25) is 0 Å². The van der Waals surface area contributed by atoms with E-state index in [2.05, 4.69) is 0 Å². The van der Waals surface area contributed by atoms with E-state index < -0.39 is 11.7 Å². The number of esters is 1. The Kier molecular flexibility index (Phi) is 5.75. The first-order chi connectivity index (χ1) is 12.1. The number of rotatable bonds is 3. The fourth-order valence-corrected chi connectivity index (χ4v) is 2.49. The van der Waals surface area contributed by atoms with Crippen molar-refractivity contribution in [2.45, 2.75) is 32.8 Å². The number of hydrogen-bond donors (Lipinski definition) is 0. The van der Waals surface area contributed by atoms with Gasteiger partial charge in [0.25, 0.3) is 0 Å². The summed E-state index contributed by atoms with van der Waals surface area (Å²) in [5.74, 6) is -0.335. The van der Waals surface area contributed by atoms with Crippen molar-refractivity contribution in [3.05, 3.63) is 40.9 Å². The minimum atomic E-state index is -0.599. The van der Waals surface area contributed by atoms with Crippen molar-refractivity contribution < 1.29 is 19.1 Å². The molecule has 2 rings (SSSR count). The quantitative estimate of drug-likeness (QED) is 0.773. The third kappa shape index (κ3) is 4.88. The summed E-state index contributed by atoms with van der Waals surface area (Å²) in [6, 6.07) is 5.89. The normalized spacial score (nSPS) is 13.5. The molecule has 1 heterocycles. The van der Waals surface area contributed by atoms with Gasteiger partial charge in [0.2, 0.25) is 0 Å². The maximum Gasteiger partial charge on any atom is 0.418 e. The van der Waals surface area contributed by atoms with E-state index in [0.717, 1.165) is 21.7 Å². The summed E-state index contributed by atoms with van der Waals surface area (Å²) in [6.07, 6.45) is 4.73. The van der Waals surface area contributed by atoms with Crippen LogP contribution >= 0.6 is 0 Å². The lowest BCUT2D eigenvalue weighted by atomic mass is 10.1. The second-order valence-corrected chi connectivity index (χ2v) is 7.28. The Morgan fingerprint density at radius 1 is 1.19 bits per heavy atom. The van der Waals surface area contributed by atoms with Gasteiger partial charge in [-0.2, -0.15) is 0 Å². The van der Waals surface area contributed by atoms with Gasteiger partial charge in [0.1, 0.15) is 5.60 Å². The van der Waals surface area contributed by atoms with E-state index in [0.29, 0.717) is 0 Å². The van der Waals surface area contributed by atoms with Crippen LogP contribution in [0.1, 0.15) is 27.2 Å². The van der Waals surface area contributed by atoms with Gasteiger partial charge in [-0.05, 0) is 49.8 Å². The number of fused-ring (bicyclic) bond motifs is 1. The van der Waals surface area contributed by atoms with Crippen molar-refractivity contribution in [3.8, 4) is 0 Å². The molecule has 0 N–H and O–H groups in total. The molecule has 0 bridgehead atoms. The molecule has 1 aliphatic heterocycles. The Hall–Kier alpha value is -2.76. The van der Waals surface area contributed by atoms with Gasteiger partial charge in [0.05, 0.1) is 13.5 Å². The van der Waals surface area contributed by atoms with Crippen LogP contribution in [0.5, 0.6) is 0 Å². The molecule has 140 valence electrons. The SMILES string of the molecule is COC(=O)CC1=c2ccc(N(C)C)cc2=CN(C(=O)OC(C)(C)C)C=C1. The van der Waals surface area contributed by atoms with Gasteiger partial charge in [0, 0.05) is 37.4 Å². The van der Waals surface area contributed by atoms with Crippen molar-refractivity contribution in [2.24, 2.45) is 0 Å². The van der Waals surface area contributed by atoms with E-state index in [1.165, 1.54) is 12.0 Å². The Bertz CT molecular complexity index is 848. The highest BCUT2D eigenvalue weighted by atomic mass is 16.6. The van der Waals surface area contributed by atoms with Gasteiger partial charge >= 0.3 is 12.1 Å². The second kappa shape index (κ2) is 7.64. The molecule has 6 nitrogen and oxygen atoms in total. The zero-order valence-electron chi connectivity index (χ0n) is 16.2. The van der Waals surface area contributed by atoms with Crippen molar-refractivity contribution in [1.82, 2.24) is 4.90 Å². The molecule has 0 saturated carbocycles. The molecular weight excluding hydrogens is 332 g/mol. The first kappa shape index (κ1) is 19.6. The van der Waals surface area contributed by atoms with Gasteiger partial charge in [-0.15, -0.1) is 0 Å². The van der Waals surface area contributed by atoms with Crippen LogP contribution in [-0.2, 0) is 14.3 Å². The maximum atomic E-state index is 12.5. The van der Waals surface area contributed by atoms with Crippen LogP contribution in [0.3, 0.4) is 0 Å². The predicted octanol–water partition coefficient (Wildman–Crippen LogP) is 1.97. The molecule has 0 spiro atoms. The molecule has 0 fully saturated rings. The predicted molar refractivity (Wildman–Crippen MR) is 102 cm³/mol. The van der Waals surface area contributed by atoms with Crippen LogP contribution in [0.4, 0.5) is 10.5 Å². The van der Waals surface area contributed by atoms with Crippen LogP contribution in [-0.4, -0.2) is 43.8 Å². The second-order valence-electron chi connectivity index (χ2n) is 7.28. The van der Waals surface area contributed by atoms with Crippen molar-refractivity contribution in [2.75, 3.05) is 26.1 Å². The number of benzene rings is 1. The molecule has 26 heavy (non-hydrogen) atoms. The van der Waals surface area contributed by atoms with E-state index in [9.17, 15) is 9.59 Å². The van der Waals surface area contributed by atoms with Crippen LogP contribution in [0.15, 0.2) is 30.5 Å². The molecule has 0 saturated heterocycles. The number of amides is 1. The minimum absolute atomic E-state index is 0.122. The molecular formula is C20H26N2O4. The van der Waals surface area contributed by atoms with E-state index >= 15 is 0 Å². The lowest BCUT2D eigenvalue weighted by Gasteiger charge is -2.23. The smallest absolute Gasteiger partial charge is 0.418 e. The van der Waals surface area contributed by atoms with Crippen molar-refractivity contribution in [3.63, 3.8) is 0 Å². The Labute approximate surface area is 154 Å². The molecule has 1 aromatic rings. The lowest BCUT2D eigenvalue weighted by molar-refractivity contribution is -0.139. The van der Waals surface area contributed by atoms with E-state index in [-0.39, 0.29) is 12.4 Å². The van der Waals surface area contributed by atoms with Gasteiger partial charge in [0.15, 0.2) is 0 Å². The number of anilines is 1. The van der Waals surface area contributed by atoms with Gasteiger partial charge in [-0.25, -0.2) is 4.79 Å².